The van der Waals surface area contributed by atoms with E-state index in [4.69, 9.17) is 10.5 Å². The van der Waals surface area contributed by atoms with Crippen LogP contribution in [0.1, 0.15) is 25.3 Å². The van der Waals surface area contributed by atoms with Crippen molar-refractivity contribution in [2.45, 2.75) is 38.3 Å². The Bertz CT molecular complexity index is 704. The second kappa shape index (κ2) is 10.7. The molecule has 4 N–H and O–H groups in total. The number of nitrogens with two attached hydrogens (primary N) is 1. The highest BCUT2D eigenvalue weighted by Gasteiger charge is 2.28. The number of ketones is 1. The van der Waals surface area contributed by atoms with Crippen LogP contribution in [0, 0.1) is 0 Å². The highest BCUT2D eigenvalue weighted by atomic mass is 16.5. The number of ether oxygens (including phenoxy) is 1. The van der Waals surface area contributed by atoms with Gasteiger partial charge in [-0.2, -0.15) is 0 Å². The number of primary amides is 1. The fraction of sp³-hybridized carbons (Fsp3) is 0.389. The number of methoxy groups -OCH3 is 1. The smallest absolute Gasteiger partial charge is 0.328 e. The molecule has 0 aliphatic carbocycles. The molecule has 1 aromatic carbocycles. The molecular weight excluding hydrogens is 354 g/mol. The fourth-order valence-electron chi connectivity index (χ4n) is 2.34. The molecule has 2 atom stereocenters. The molecule has 0 radical (unpaired) electrons. The minimum absolute atomic E-state index is 0.157. The Kier molecular flexibility index (Phi) is 8.64. The Morgan fingerprint density at radius 3 is 2.19 bits per heavy atom. The van der Waals surface area contributed by atoms with Crippen LogP contribution in [0.3, 0.4) is 0 Å². The van der Waals surface area contributed by atoms with Crippen molar-refractivity contribution in [3.8, 4) is 0 Å². The lowest BCUT2D eigenvalue weighted by molar-refractivity contribution is -0.145. The number of esters is 1. The molecule has 3 amide bonds. The van der Waals surface area contributed by atoms with Crippen LogP contribution in [0.2, 0.25) is 0 Å². The Labute approximate surface area is 156 Å². The van der Waals surface area contributed by atoms with Crippen molar-refractivity contribution < 1.29 is 28.7 Å². The lowest BCUT2D eigenvalue weighted by Crippen LogP contribution is -2.53. The van der Waals surface area contributed by atoms with Gasteiger partial charge >= 0.3 is 5.97 Å². The van der Waals surface area contributed by atoms with Crippen molar-refractivity contribution in [3.63, 3.8) is 0 Å². The van der Waals surface area contributed by atoms with E-state index in [9.17, 15) is 24.0 Å². The van der Waals surface area contributed by atoms with Crippen LogP contribution >= 0.6 is 0 Å². The molecule has 0 aliphatic rings. The van der Waals surface area contributed by atoms with E-state index >= 15 is 0 Å². The predicted molar refractivity (Wildman–Crippen MR) is 95.1 cm³/mol. The molecule has 146 valence electrons. The predicted octanol–water partition coefficient (Wildman–Crippen LogP) is -0.774. The van der Waals surface area contributed by atoms with E-state index in [0.717, 1.165) is 5.56 Å². The van der Waals surface area contributed by atoms with Crippen molar-refractivity contribution in [1.82, 2.24) is 10.6 Å². The molecule has 1 rings (SSSR count). The average molecular weight is 377 g/mol. The zero-order valence-electron chi connectivity index (χ0n) is 15.2. The summed E-state index contributed by atoms with van der Waals surface area (Å²) in [5.41, 5.74) is 5.90. The van der Waals surface area contributed by atoms with Crippen LogP contribution in [0.4, 0.5) is 0 Å². The third-order valence-electron chi connectivity index (χ3n) is 3.55. The quantitative estimate of drug-likeness (QED) is 0.360. The van der Waals surface area contributed by atoms with Gasteiger partial charge in [0.1, 0.15) is 17.9 Å². The fourth-order valence-corrected chi connectivity index (χ4v) is 2.34. The summed E-state index contributed by atoms with van der Waals surface area (Å²) in [4.78, 5) is 58.5. The first kappa shape index (κ1) is 21.8. The second-order valence-corrected chi connectivity index (χ2v) is 5.94. The number of nitrogens with one attached hydrogen (secondary N) is 2. The number of rotatable bonds is 10. The minimum atomic E-state index is -1.31. The largest absolute Gasteiger partial charge is 0.467 e. The normalized spacial score (nSPS) is 12.4. The number of hydrogen-bond acceptors (Lipinski definition) is 6. The zero-order valence-corrected chi connectivity index (χ0v) is 15.2. The van der Waals surface area contributed by atoms with Crippen molar-refractivity contribution in [2.75, 3.05) is 7.11 Å². The van der Waals surface area contributed by atoms with Crippen molar-refractivity contribution in [3.05, 3.63) is 35.9 Å². The summed E-state index contributed by atoms with van der Waals surface area (Å²) in [7, 11) is 1.18. The van der Waals surface area contributed by atoms with E-state index in [1.54, 1.807) is 24.3 Å². The van der Waals surface area contributed by atoms with Gasteiger partial charge in [0.15, 0.2) is 0 Å². The molecule has 9 nitrogen and oxygen atoms in total. The SMILES string of the molecule is COC(=O)[C@H](Cc1ccccc1)NC(=O)[C@H](CC(N)=O)NC(=O)CC(C)=O. The van der Waals surface area contributed by atoms with Crippen LogP contribution in [-0.4, -0.2) is 48.7 Å². The molecule has 0 unspecified atom stereocenters. The summed E-state index contributed by atoms with van der Waals surface area (Å²) >= 11 is 0. The van der Waals surface area contributed by atoms with Gasteiger partial charge in [-0.25, -0.2) is 4.79 Å². The number of amides is 3. The molecule has 1 aromatic rings. The molecule has 27 heavy (non-hydrogen) atoms. The number of hydrogen-bond donors (Lipinski definition) is 3. The third-order valence-corrected chi connectivity index (χ3v) is 3.55. The molecule has 9 heteroatoms. The molecule has 0 fully saturated rings. The van der Waals surface area contributed by atoms with Crippen LogP contribution in [0.25, 0.3) is 0 Å². The average Bonchev–Trinajstić information content (AvgIpc) is 2.59. The van der Waals surface area contributed by atoms with E-state index in [0.29, 0.717) is 0 Å². The molecule has 0 heterocycles. The summed E-state index contributed by atoms with van der Waals surface area (Å²) in [5, 5.41) is 4.74. The Morgan fingerprint density at radius 1 is 1.04 bits per heavy atom. The van der Waals surface area contributed by atoms with Gasteiger partial charge in [-0.05, 0) is 12.5 Å². The van der Waals surface area contributed by atoms with Crippen LogP contribution < -0.4 is 16.4 Å². The van der Waals surface area contributed by atoms with Crippen LogP contribution in [-0.2, 0) is 35.1 Å². The Hall–Kier alpha value is -3.23. The van der Waals surface area contributed by atoms with Gasteiger partial charge in [0.05, 0.1) is 20.0 Å². The number of carbonyl (C=O) groups excluding carboxylic acids is 5. The maximum Gasteiger partial charge on any atom is 0.328 e. The molecule has 0 aromatic heterocycles. The Balaban J connectivity index is 2.89. The minimum Gasteiger partial charge on any atom is -0.467 e. The lowest BCUT2D eigenvalue weighted by atomic mass is 10.0. The molecule has 0 saturated carbocycles. The van der Waals surface area contributed by atoms with E-state index in [-0.39, 0.29) is 6.42 Å². The third kappa shape index (κ3) is 8.13. The number of benzene rings is 1. The lowest BCUT2D eigenvalue weighted by Gasteiger charge is -2.21. The first-order chi connectivity index (χ1) is 12.7. The molecule has 0 saturated heterocycles. The number of Topliss-reactive ketones (excluding diaryl/α,β-unsaturated/α-hetero) is 1. The summed E-state index contributed by atoms with van der Waals surface area (Å²) < 4.78 is 4.70. The molecular formula is C18H23N3O6. The molecule has 0 aliphatic heterocycles. The van der Waals surface area contributed by atoms with Gasteiger partial charge in [-0.3, -0.25) is 19.2 Å². The van der Waals surface area contributed by atoms with Gasteiger partial charge in [0.2, 0.25) is 17.7 Å². The first-order valence-electron chi connectivity index (χ1n) is 8.22. The molecule has 0 bridgehead atoms. The van der Waals surface area contributed by atoms with Crippen LogP contribution in [0.5, 0.6) is 0 Å². The van der Waals surface area contributed by atoms with E-state index in [2.05, 4.69) is 10.6 Å². The van der Waals surface area contributed by atoms with E-state index in [1.165, 1.54) is 14.0 Å². The topological polar surface area (TPSA) is 145 Å². The molecule has 0 spiro atoms. The summed E-state index contributed by atoms with van der Waals surface area (Å²) in [6, 6.07) is 6.59. The monoisotopic (exact) mass is 377 g/mol. The summed E-state index contributed by atoms with van der Waals surface area (Å²) in [5.74, 6) is -3.41. The highest BCUT2D eigenvalue weighted by Crippen LogP contribution is 2.06. The van der Waals surface area contributed by atoms with E-state index in [1.807, 2.05) is 6.07 Å². The Morgan fingerprint density at radius 2 is 1.67 bits per heavy atom. The van der Waals surface area contributed by atoms with Gasteiger partial charge < -0.3 is 21.1 Å². The van der Waals surface area contributed by atoms with Gasteiger partial charge in [-0.1, -0.05) is 30.3 Å². The number of carbonyl (C=O) groups is 5. The van der Waals surface area contributed by atoms with Gasteiger partial charge in [0.25, 0.3) is 0 Å². The zero-order chi connectivity index (χ0) is 20.4. The second-order valence-electron chi connectivity index (χ2n) is 5.94. The maximum absolute atomic E-state index is 12.5. The van der Waals surface area contributed by atoms with Crippen molar-refractivity contribution in [1.29, 1.82) is 0 Å². The van der Waals surface area contributed by atoms with Gasteiger partial charge in [-0.15, -0.1) is 0 Å². The van der Waals surface area contributed by atoms with E-state index < -0.39 is 54.4 Å². The highest BCUT2D eigenvalue weighted by molar-refractivity contribution is 6.00. The van der Waals surface area contributed by atoms with Crippen molar-refractivity contribution in [2.24, 2.45) is 5.73 Å². The standard InChI is InChI=1S/C18H23N3O6/c1-11(22)8-16(24)20-13(10-15(19)23)17(25)21-14(18(26)27-2)9-12-6-4-3-5-7-12/h3-7,13-14H,8-10H2,1-2H3,(H2,19,23)(H,20,24)(H,21,25)/t13-,14-/m0/s1. The summed E-state index contributed by atoms with van der Waals surface area (Å²) in [6.07, 6.45) is -0.758. The van der Waals surface area contributed by atoms with Crippen LogP contribution in [0.15, 0.2) is 30.3 Å². The first-order valence-corrected chi connectivity index (χ1v) is 8.22. The summed E-state index contributed by atoms with van der Waals surface area (Å²) in [6.45, 7) is 1.22. The maximum atomic E-state index is 12.5. The van der Waals surface area contributed by atoms with Crippen molar-refractivity contribution >= 4 is 29.5 Å². The van der Waals surface area contributed by atoms with Gasteiger partial charge in [0, 0.05) is 6.42 Å².